The summed E-state index contributed by atoms with van der Waals surface area (Å²) in [5, 5.41) is 2.51. The molecule has 2 aromatic heterocycles. The number of fused-ring (bicyclic) bond motifs is 13. The topological polar surface area (TPSA) is 43.6 Å². The molecule has 12 rings (SSSR count). The Morgan fingerprint density at radius 2 is 1.08 bits per heavy atom. The summed E-state index contributed by atoms with van der Waals surface area (Å²) >= 11 is 0. The Balaban J connectivity index is 1.08. The Bertz CT molecular complexity index is 3540. The fraction of sp³-hybridized carbons (Fsp3) is 0.0339. The first kappa shape index (κ1) is 36.6. The van der Waals surface area contributed by atoms with Crippen LogP contribution >= 0.6 is 0 Å². The number of hydrogen-bond donors (Lipinski definition) is 0. The van der Waals surface area contributed by atoms with Gasteiger partial charge >= 0.3 is 0 Å². The van der Waals surface area contributed by atoms with Gasteiger partial charge in [0, 0.05) is 33.2 Å². The van der Waals surface area contributed by atoms with Crippen LogP contribution in [0.2, 0.25) is 0 Å². The largest absolute Gasteiger partial charge is 0.309 e. The quantitative estimate of drug-likeness (QED) is 0.151. The van der Waals surface area contributed by atoms with Gasteiger partial charge in [-0.3, -0.25) is 0 Å². The summed E-state index contributed by atoms with van der Waals surface area (Å²) in [6, 6.07) is 68.4. The van der Waals surface area contributed by atoms with Crippen molar-refractivity contribution >= 4 is 27.4 Å². The maximum absolute atomic E-state index is 5.06. The Kier molecular flexibility index (Phi) is 8.41. The zero-order valence-corrected chi connectivity index (χ0v) is 34.7. The SMILES string of the molecule is C=C/C(=C\C=C/C)c1nc(-c2ccccc2)nc(-c2cccc(-c3ccc4c(c3)C3(c5ccccc5-4)c4ccccc4-c4cc5c6ccccc6n(-c6ccccc6)c5cc43)c2)n1. The van der Waals surface area contributed by atoms with Gasteiger partial charge in [-0.2, -0.15) is 0 Å². The Morgan fingerprint density at radius 1 is 0.476 bits per heavy atom. The Labute approximate surface area is 366 Å². The third-order valence-corrected chi connectivity index (χ3v) is 13.0. The van der Waals surface area contributed by atoms with Crippen molar-refractivity contribution in [1.29, 1.82) is 0 Å². The van der Waals surface area contributed by atoms with Crippen LogP contribution in [-0.2, 0) is 5.41 Å². The van der Waals surface area contributed by atoms with Gasteiger partial charge in [-0.15, -0.1) is 0 Å². The van der Waals surface area contributed by atoms with E-state index in [0.717, 1.165) is 33.5 Å². The molecule has 2 aliphatic carbocycles. The molecule has 0 saturated carbocycles. The van der Waals surface area contributed by atoms with Crippen LogP contribution in [0.25, 0.3) is 89.2 Å². The summed E-state index contributed by atoms with van der Waals surface area (Å²) in [6.07, 6.45) is 7.75. The second kappa shape index (κ2) is 14.5. The van der Waals surface area contributed by atoms with Crippen molar-refractivity contribution in [3.8, 4) is 61.8 Å². The number of nitrogens with zero attached hydrogens (tertiary/aromatic N) is 4. The number of aromatic nitrogens is 4. The van der Waals surface area contributed by atoms with E-state index in [1.165, 1.54) is 66.3 Å². The molecular weight excluding hydrogens is 765 g/mol. The van der Waals surface area contributed by atoms with E-state index in [-0.39, 0.29) is 0 Å². The Hall–Kier alpha value is -8.21. The highest BCUT2D eigenvalue weighted by Crippen LogP contribution is 2.64. The Morgan fingerprint density at radius 3 is 1.84 bits per heavy atom. The number of para-hydroxylation sites is 2. The fourth-order valence-corrected chi connectivity index (χ4v) is 10.3. The van der Waals surface area contributed by atoms with Crippen molar-refractivity contribution in [3.63, 3.8) is 0 Å². The van der Waals surface area contributed by atoms with E-state index < -0.39 is 5.41 Å². The van der Waals surface area contributed by atoms with Crippen molar-refractivity contribution in [1.82, 2.24) is 19.5 Å². The van der Waals surface area contributed by atoms with Crippen LogP contribution in [0.1, 0.15) is 35.0 Å². The molecule has 4 heteroatoms. The summed E-state index contributed by atoms with van der Waals surface area (Å²) in [7, 11) is 0. The van der Waals surface area contributed by atoms with Crippen LogP contribution in [0, 0.1) is 0 Å². The van der Waals surface area contributed by atoms with Crippen LogP contribution in [0.15, 0.2) is 219 Å². The summed E-state index contributed by atoms with van der Waals surface area (Å²) in [4.78, 5) is 15.0. The zero-order chi connectivity index (χ0) is 42.1. The van der Waals surface area contributed by atoms with Crippen molar-refractivity contribution in [2.24, 2.45) is 0 Å². The number of benzene rings is 8. The van der Waals surface area contributed by atoms with Crippen molar-refractivity contribution in [2.45, 2.75) is 12.3 Å². The normalized spacial score (nSPS) is 14.9. The van der Waals surface area contributed by atoms with Crippen molar-refractivity contribution in [3.05, 3.63) is 247 Å². The van der Waals surface area contributed by atoms with E-state index in [2.05, 4.69) is 169 Å². The molecule has 0 radical (unpaired) electrons. The maximum atomic E-state index is 5.06. The summed E-state index contributed by atoms with van der Waals surface area (Å²) < 4.78 is 2.44. The zero-order valence-electron chi connectivity index (χ0n) is 34.7. The molecule has 0 bridgehead atoms. The molecule has 2 heterocycles. The highest BCUT2D eigenvalue weighted by Gasteiger charge is 2.52. The van der Waals surface area contributed by atoms with Gasteiger partial charge in [0.25, 0.3) is 0 Å². The lowest BCUT2D eigenvalue weighted by atomic mass is 9.70. The molecule has 0 N–H and O–H groups in total. The molecule has 8 aromatic carbocycles. The summed E-state index contributed by atoms with van der Waals surface area (Å²) in [5.74, 6) is 1.80. The smallest absolute Gasteiger partial charge is 0.164 e. The number of rotatable bonds is 7. The molecule has 10 aromatic rings. The minimum absolute atomic E-state index is 0.536. The number of hydrogen-bond acceptors (Lipinski definition) is 3. The molecule has 63 heavy (non-hydrogen) atoms. The van der Waals surface area contributed by atoms with Crippen LogP contribution in [0.4, 0.5) is 0 Å². The third kappa shape index (κ3) is 5.51. The predicted octanol–water partition coefficient (Wildman–Crippen LogP) is 14.5. The lowest BCUT2D eigenvalue weighted by Gasteiger charge is -2.31. The van der Waals surface area contributed by atoms with Gasteiger partial charge < -0.3 is 4.57 Å². The minimum atomic E-state index is -0.536. The van der Waals surface area contributed by atoms with Crippen LogP contribution in [0.3, 0.4) is 0 Å². The average molecular weight is 805 g/mol. The fourth-order valence-electron chi connectivity index (χ4n) is 10.3. The molecule has 296 valence electrons. The summed E-state index contributed by atoms with van der Waals surface area (Å²) in [5.41, 5.74) is 18.2. The van der Waals surface area contributed by atoms with Gasteiger partial charge in [0.2, 0.25) is 0 Å². The lowest BCUT2D eigenvalue weighted by Crippen LogP contribution is -2.26. The standard InChI is InChI=1S/C59H40N4/c1-3-5-19-38(4-2)56-60-57(39-20-8-6-9-21-39)62-58(61-56)42-23-18-22-40(34-42)41-32-33-46-44-26-12-15-29-50(44)59(52(46)35-41)51-30-16-13-27-45(51)48-36-49-47-28-14-17-31-54(47)63(55(49)37-53(48)59)43-24-10-7-11-25-43/h3-37H,2H2,1H3/b5-3-,38-19+. The molecule has 0 fully saturated rings. The molecule has 2 aliphatic rings. The van der Waals surface area contributed by atoms with Crippen molar-refractivity contribution < 1.29 is 0 Å². The van der Waals surface area contributed by atoms with Gasteiger partial charge in [0.15, 0.2) is 17.5 Å². The van der Waals surface area contributed by atoms with Gasteiger partial charge in [0.1, 0.15) is 0 Å². The highest BCUT2D eigenvalue weighted by atomic mass is 15.0. The molecule has 1 atom stereocenters. The second-order valence-corrected chi connectivity index (χ2v) is 16.3. The molecular formula is C59H40N4. The first-order valence-corrected chi connectivity index (χ1v) is 21.5. The second-order valence-electron chi connectivity index (χ2n) is 16.3. The van der Waals surface area contributed by atoms with Gasteiger partial charge in [-0.05, 0) is 105 Å². The van der Waals surface area contributed by atoms with E-state index >= 15 is 0 Å². The summed E-state index contributed by atoms with van der Waals surface area (Å²) in [6.45, 7) is 6.08. The molecule has 1 spiro atoms. The van der Waals surface area contributed by atoms with E-state index in [1.54, 1.807) is 6.08 Å². The first-order chi connectivity index (χ1) is 31.1. The van der Waals surface area contributed by atoms with E-state index in [4.69, 9.17) is 15.0 Å². The number of allylic oxidation sites excluding steroid dienone is 5. The molecule has 0 amide bonds. The van der Waals surface area contributed by atoms with Gasteiger partial charge in [-0.25, -0.2) is 15.0 Å². The van der Waals surface area contributed by atoms with E-state index in [0.29, 0.717) is 17.5 Å². The highest BCUT2D eigenvalue weighted by molar-refractivity contribution is 6.12. The van der Waals surface area contributed by atoms with Crippen LogP contribution in [0.5, 0.6) is 0 Å². The average Bonchev–Trinajstić information content (AvgIpc) is 3.95. The third-order valence-electron chi connectivity index (χ3n) is 13.0. The van der Waals surface area contributed by atoms with Crippen LogP contribution < -0.4 is 0 Å². The molecule has 4 nitrogen and oxygen atoms in total. The van der Waals surface area contributed by atoms with Gasteiger partial charge in [0.05, 0.1) is 16.4 Å². The lowest BCUT2D eigenvalue weighted by molar-refractivity contribution is 0.794. The van der Waals surface area contributed by atoms with Gasteiger partial charge in [-0.1, -0.05) is 176 Å². The molecule has 0 aliphatic heterocycles. The maximum Gasteiger partial charge on any atom is 0.164 e. The first-order valence-electron chi connectivity index (χ1n) is 21.5. The minimum Gasteiger partial charge on any atom is -0.309 e. The van der Waals surface area contributed by atoms with Crippen LogP contribution in [-0.4, -0.2) is 19.5 Å². The molecule has 0 saturated heterocycles. The van der Waals surface area contributed by atoms with E-state index in [1.807, 2.05) is 55.5 Å². The monoisotopic (exact) mass is 804 g/mol. The molecule has 1 unspecified atom stereocenters. The predicted molar refractivity (Wildman–Crippen MR) is 260 cm³/mol. The van der Waals surface area contributed by atoms with E-state index in [9.17, 15) is 0 Å². The van der Waals surface area contributed by atoms with Crippen molar-refractivity contribution in [2.75, 3.05) is 0 Å².